The maximum atomic E-state index is 13.8. The van der Waals surface area contributed by atoms with Crippen LogP contribution in [0.5, 0.6) is 0 Å². The number of hydrogen-bond acceptors (Lipinski definition) is 6. The molecule has 0 N–H and O–H groups in total. The fraction of sp³-hybridized carbons (Fsp3) is 0.440. The van der Waals surface area contributed by atoms with Crippen molar-refractivity contribution in [3.05, 3.63) is 63.7 Å². The first-order chi connectivity index (χ1) is 16.3. The van der Waals surface area contributed by atoms with Crippen molar-refractivity contribution in [1.82, 2.24) is 9.21 Å². The minimum atomic E-state index is -3.99. The molecule has 0 spiro atoms. The molecule has 2 aromatic carbocycles. The minimum absolute atomic E-state index is 0.0759. The van der Waals surface area contributed by atoms with E-state index in [-0.39, 0.29) is 16.1 Å². The average Bonchev–Trinajstić information content (AvgIpc) is 2.84. The van der Waals surface area contributed by atoms with Gasteiger partial charge in [0.1, 0.15) is 4.90 Å². The summed E-state index contributed by atoms with van der Waals surface area (Å²) >= 11 is 0. The maximum absolute atomic E-state index is 13.8. The van der Waals surface area contributed by atoms with Gasteiger partial charge < -0.3 is 4.90 Å². The van der Waals surface area contributed by atoms with Gasteiger partial charge in [-0.1, -0.05) is 50.1 Å². The van der Waals surface area contributed by atoms with E-state index >= 15 is 0 Å². The van der Waals surface area contributed by atoms with Gasteiger partial charge >= 0.3 is 0 Å². The number of hydrogen-bond donors (Lipinski definition) is 0. The van der Waals surface area contributed by atoms with Crippen molar-refractivity contribution in [2.75, 3.05) is 44.2 Å². The Morgan fingerprint density at radius 3 is 2.21 bits per heavy atom. The van der Waals surface area contributed by atoms with Crippen molar-refractivity contribution >= 4 is 21.4 Å². The largest absolute Gasteiger partial charge is 0.369 e. The Morgan fingerprint density at radius 2 is 1.68 bits per heavy atom. The van der Waals surface area contributed by atoms with E-state index in [0.717, 1.165) is 19.4 Å². The third kappa shape index (κ3) is 5.76. The fourth-order valence-corrected chi connectivity index (χ4v) is 5.99. The summed E-state index contributed by atoms with van der Waals surface area (Å²) in [7, 11) is -3.99. The van der Waals surface area contributed by atoms with Crippen LogP contribution in [0.2, 0.25) is 0 Å². The second kappa shape index (κ2) is 11.5. The molecule has 0 aliphatic carbocycles. The van der Waals surface area contributed by atoms with Gasteiger partial charge in [0.05, 0.1) is 16.2 Å². The fourth-order valence-electron chi connectivity index (χ4n) is 4.32. The zero-order chi connectivity index (χ0) is 24.7. The van der Waals surface area contributed by atoms with Crippen LogP contribution in [0.3, 0.4) is 0 Å². The molecule has 182 valence electrons. The smallest absolute Gasteiger partial charge is 0.272 e. The Balaban J connectivity index is 1.95. The molecule has 1 aliphatic rings. The number of anilines is 1. The Labute approximate surface area is 202 Å². The van der Waals surface area contributed by atoms with Crippen molar-refractivity contribution in [2.45, 2.75) is 38.1 Å². The van der Waals surface area contributed by atoms with Crippen LogP contribution >= 0.6 is 0 Å². The van der Waals surface area contributed by atoms with E-state index in [1.54, 1.807) is 0 Å². The van der Waals surface area contributed by atoms with E-state index in [0.29, 0.717) is 45.0 Å². The Bertz CT molecular complexity index is 1130. The van der Waals surface area contributed by atoms with Crippen LogP contribution in [0.25, 0.3) is 0 Å². The second-order valence-corrected chi connectivity index (χ2v) is 10.3. The Kier molecular flexibility index (Phi) is 8.67. The summed E-state index contributed by atoms with van der Waals surface area (Å²) in [6.07, 6.45) is 7.30. The number of nitrogens with zero attached hydrogens (tertiary/aromatic N) is 4. The van der Waals surface area contributed by atoms with Crippen LogP contribution in [-0.4, -0.2) is 61.8 Å². The summed E-state index contributed by atoms with van der Waals surface area (Å²) in [6.45, 7) is 7.74. The van der Waals surface area contributed by atoms with Crippen molar-refractivity contribution in [3.63, 3.8) is 0 Å². The first kappa shape index (κ1) is 25.7. The lowest BCUT2D eigenvalue weighted by Gasteiger charge is -2.35. The standard InChI is InChI=1S/C25H32N4O4S/c1-4-12-27(13-5-2)25-22(6-3)18-23(29(30)31)19-24(25)34(32,33)28-16-14-26(15-17-28)20-21-10-8-7-9-11-21/h3,7-11,18-19H,4-5,12-17,20H2,1-2H3. The van der Waals surface area contributed by atoms with Gasteiger partial charge in [0.15, 0.2) is 0 Å². The van der Waals surface area contributed by atoms with Crippen LogP contribution in [0.1, 0.15) is 37.8 Å². The lowest BCUT2D eigenvalue weighted by molar-refractivity contribution is -0.385. The number of sulfonamides is 1. The number of non-ortho nitro benzene ring substituents is 1. The molecule has 0 atom stereocenters. The van der Waals surface area contributed by atoms with E-state index in [9.17, 15) is 18.5 Å². The number of rotatable bonds is 10. The highest BCUT2D eigenvalue weighted by molar-refractivity contribution is 7.89. The highest BCUT2D eigenvalue weighted by Gasteiger charge is 2.34. The molecule has 9 heteroatoms. The van der Waals surface area contributed by atoms with Gasteiger partial charge in [-0.3, -0.25) is 15.0 Å². The number of benzene rings is 2. The number of nitro groups is 1. The molecular weight excluding hydrogens is 452 g/mol. The van der Waals surface area contributed by atoms with Gasteiger partial charge in [-0.25, -0.2) is 8.42 Å². The van der Waals surface area contributed by atoms with Gasteiger partial charge in [0, 0.05) is 57.9 Å². The summed E-state index contributed by atoms with van der Waals surface area (Å²) in [4.78, 5) is 15.1. The van der Waals surface area contributed by atoms with Crippen molar-refractivity contribution in [2.24, 2.45) is 0 Å². The molecule has 0 bridgehead atoms. The maximum Gasteiger partial charge on any atom is 0.272 e. The highest BCUT2D eigenvalue weighted by atomic mass is 32.2. The summed E-state index contributed by atoms with van der Waals surface area (Å²) in [5, 5.41) is 11.6. The molecule has 0 unspecified atom stereocenters. The third-order valence-electron chi connectivity index (χ3n) is 5.93. The highest BCUT2D eigenvalue weighted by Crippen LogP contribution is 2.36. The lowest BCUT2D eigenvalue weighted by atomic mass is 10.1. The first-order valence-corrected chi connectivity index (χ1v) is 13.1. The summed E-state index contributed by atoms with van der Waals surface area (Å²) in [5.41, 5.74) is 1.49. The van der Waals surface area contributed by atoms with Crippen LogP contribution < -0.4 is 4.90 Å². The van der Waals surface area contributed by atoms with E-state index < -0.39 is 14.9 Å². The zero-order valence-electron chi connectivity index (χ0n) is 19.8. The predicted octanol–water partition coefficient (Wildman–Crippen LogP) is 3.71. The molecule has 34 heavy (non-hydrogen) atoms. The topological polar surface area (TPSA) is 87.0 Å². The second-order valence-electron chi connectivity index (χ2n) is 8.39. The van der Waals surface area contributed by atoms with Crippen molar-refractivity contribution in [3.8, 4) is 12.3 Å². The molecular formula is C25H32N4O4S. The van der Waals surface area contributed by atoms with Crippen LogP contribution in [-0.2, 0) is 16.6 Å². The molecule has 1 aliphatic heterocycles. The molecule has 3 rings (SSSR count). The molecule has 0 amide bonds. The lowest BCUT2D eigenvalue weighted by Crippen LogP contribution is -2.48. The minimum Gasteiger partial charge on any atom is -0.369 e. The van der Waals surface area contributed by atoms with Crippen LogP contribution in [0.15, 0.2) is 47.4 Å². The molecule has 1 fully saturated rings. The summed E-state index contributed by atoms with van der Waals surface area (Å²) < 4.78 is 29.1. The van der Waals surface area contributed by atoms with E-state index in [4.69, 9.17) is 6.42 Å². The van der Waals surface area contributed by atoms with Crippen molar-refractivity contribution < 1.29 is 13.3 Å². The van der Waals surface area contributed by atoms with Crippen molar-refractivity contribution in [1.29, 1.82) is 0 Å². The summed E-state index contributed by atoms with van der Waals surface area (Å²) in [6, 6.07) is 12.5. The molecule has 0 aromatic heterocycles. The quantitative estimate of drug-likeness (QED) is 0.290. The molecule has 1 saturated heterocycles. The van der Waals surface area contributed by atoms with E-state index in [1.807, 2.05) is 36.9 Å². The monoisotopic (exact) mass is 484 g/mol. The van der Waals surface area contributed by atoms with Gasteiger partial charge in [-0.2, -0.15) is 4.31 Å². The molecule has 0 radical (unpaired) electrons. The number of terminal acetylenes is 1. The SMILES string of the molecule is C#Cc1cc([N+](=O)[O-])cc(S(=O)(=O)N2CCN(Cc3ccccc3)CC2)c1N(CCC)CCC. The molecule has 0 saturated carbocycles. The third-order valence-corrected chi connectivity index (χ3v) is 7.84. The van der Waals surface area contributed by atoms with Gasteiger partial charge in [0.2, 0.25) is 10.0 Å². The number of nitro benzene ring substituents is 1. The van der Waals surface area contributed by atoms with E-state index in [1.165, 1.54) is 22.0 Å². The van der Waals surface area contributed by atoms with Crippen LogP contribution in [0.4, 0.5) is 11.4 Å². The molecule has 8 nitrogen and oxygen atoms in total. The van der Waals surface area contributed by atoms with Crippen LogP contribution in [0, 0.1) is 22.5 Å². The average molecular weight is 485 g/mol. The predicted molar refractivity (Wildman–Crippen MR) is 134 cm³/mol. The summed E-state index contributed by atoms with van der Waals surface area (Å²) in [5.74, 6) is 2.50. The van der Waals surface area contributed by atoms with Gasteiger partial charge in [-0.15, -0.1) is 6.42 Å². The number of piperazine rings is 1. The molecule has 1 heterocycles. The van der Waals surface area contributed by atoms with E-state index in [2.05, 4.69) is 23.0 Å². The normalized spacial score (nSPS) is 15.1. The van der Waals surface area contributed by atoms with Gasteiger partial charge in [0.25, 0.3) is 5.69 Å². The Morgan fingerprint density at radius 1 is 1.06 bits per heavy atom. The first-order valence-electron chi connectivity index (χ1n) is 11.6. The van der Waals surface area contributed by atoms with Gasteiger partial charge in [-0.05, 0) is 18.4 Å². The molecule has 2 aromatic rings. The zero-order valence-corrected chi connectivity index (χ0v) is 20.6. The Hall–Kier alpha value is -2.93.